The molecule has 0 aliphatic heterocycles. The van der Waals surface area contributed by atoms with Crippen molar-refractivity contribution in [1.29, 1.82) is 0 Å². The molecule has 0 fully saturated rings. The van der Waals surface area contributed by atoms with Crippen molar-refractivity contribution in [3.8, 4) is 11.5 Å². The molecular weight excluding hydrogens is 650 g/mol. The first-order valence-electron chi connectivity index (χ1n) is 15.7. The average Bonchev–Trinajstić information content (AvgIpc) is 3.09. The molecule has 254 valence electrons. The van der Waals surface area contributed by atoms with Crippen LogP contribution >= 0.6 is 11.6 Å². The van der Waals surface area contributed by atoms with E-state index in [1.807, 2.05) is 44.2 Å². The Kier molecular flexibility index (Phi) is 12.9. The number of halogens is 1. The van der Waals surface area contributed by atoms with Crippen LogP contribution in [0.25, 0.3) is 0 Å². The van der Waals surface area contributed by atoms with Gasteiger partial charge < -0.3 is 19.7 Å². The number of hydrogen-bond donors (Lipinski definition) is 1. The Bertz CT molecular complexity index is 1780. The van der Waals surface area contributed by atoms with Gasteiger partial charge in [0.1, 0.15) is 12.6 Å². The first kappa shape index (κ1) is 36.3. The third kappa shape index (κ3) is 9.08. The van der Waals surface area contributed by atoms with Crippen LogP contribution in [0, 0.1) is 6.92 Å². The number of aryl methyl sites for hydroxylation is 1. The van der Waals surface area contributed by atoms with E-state index < -0.39 is 28.5 Å². The largest absolute Gasteiger partial charge is 0.493 e. The van der Waals surface area contributed by atoms with E-state index >= 15 is 0 Å². The number of nitrogens with one attached hydrogen (secondary N) is 1. The molecule has 0 saturated heterocycles. The van der Waals surface area contributed by atoms with Gasteiger partial charge in [0.15, 0.2) is 11.5 Å². The van der Waals surface area contributed by atoms with Crippen LogP contribution in [0.3, 0.4) is 0 Å². The highest BCUT2D eigenvalue weighted by atomic mass is 35.5. The van der Waals surface area contributed by atoms with Gasteiger partial charge in [-0.3, -0.25) is 13.9 Å². The SMILES string of the molecule is CCCCNC(=O)[C@@H](Cc1ccccc1)N(Cc1ccccc1Cl)C(=O)CN(c1ccc(C)cc1)S(=O)(=O)c1ccc(OC)c(OC)c1. The molecule has 0 spiro atoms. The molecule has 0 aromatic heterocycles. The lowest BCUT2D eigenvalue weighted by Crippen LogP contribution is -2.53. The van der Waals surface area contributed by atoms with Crippen molar-refractivity contribution in [2.75, 3.05) is 31.6 Å². The fourth-order valence-corrected chi connectivity index (χ4v) is 6.84. The summed E-state index contributed by atoms with van der Waals surface area (Å²) in [6.07, 6.45) is 1.86. The molecule has 0 unspecified atom stereocenters. The molecule has 0 aliphatic rings. The Morgan fingerprint density at radius 2 is 1.54 bits per heavy atom. The third-order valence-corrected chi connectivity index (χ3v) is 10.1. The van der Waals surface area contributed by atoms with Crippen LogP contribution in [0.4, 0.5) is 5.69 Å². The van der Waals surface area contributed by atoms with Gasteiger partial charge in [0.2, 0.25) is 11.8 Å². The Labute approximate surface area is 288 Å². The van der Waals surface area contributed by atoms with Crippen LogP contribution in [-0.2, 0) is 32.6 Å². The van der Waals surface area contributed by atoms with E-state index in [1.54, 1.807) is 48.5 Å². The molecular formula is C37H42ClN3O6S. The van der Waals surface area contributed by atoms with Gasteiger partial charge in [-0.25, -0.2) is 8.42 Å². The van der Waals surface area contributed by atoms with E-state index in [4.69, 9.17) is 21.1 Å². The van der Waals surface area contributed by atoms with Crippen LogP contribution in [0.15, 0.2) is 102 Å². The van der Waals surface area contributed by atoms with Gasteiger partial charge >= 0.3 is 0 Å². The zero-order valence-corrected chi connectivity index (χ0v) is 29.3. The molecule has 9 nitrogen and oxygen atoms in total. The van der Waals surface area contributed by atoms with Crippen LogP contribution in [-0.4, -0.2) is 58.5 Å². The van der Waals surface area contributed by atoms with Crippen molar-refractivity contribution in [3.05, 3.63) is 119 Å². The number of hydrogen-bond acceptors (Lipinski definition) is 6. The lowest BCUT2D eigenvalue weighted by molar-refractivity contribution is -0.140. The molecule has 0 heterocycles. The zero-order chi connectivity index (χ0) is 34.7. The molecule has 0 saturated carbocycles. The van der Waals surface area contributed by atoms with Crippen molar-refractivity contribution in [1.82, 2.24) is 10.2 Å². The third-order valence-electron chi connectivity index (χ3n) is 7.94. The molecule has 0 aliphatic carbocycles. The lowest BCUT2D eigenvalue weighted by atomic mass is 10.0. The topological polar surface area (TPSA) is 105 Å². The quantitative estimate of drug-likeness (QED) is 0.136. The first-order chi connectivity index (χ1) is 23.1. The molecule has 48 heavy (non-hydrogen) atoms. The van der Waals surface area contributed by atoms with Crippen molar-refractivity contribution >= 4 is 39.1 Å². The van der Waals surface area contributed by atoms with Crippen molar-refractivity contribution in [3.63, 3.8) is 0 Å². The maximum absolute atomic E-state index is 14.6. The first-order valence-corrected chi connectivity index (χ1v) is 17.6. The summed E-state index contributed by atoms with van der Waals surface area (Å²) >= 11 is 6.58. The summed E-state index contributed by atoms with van der Waals surface area (Å²) in [5.74, 6) is -0.331. The van der Waals surface area contributed by atoms with Crippen molar-refractivity contribution in [2.24, 2.45) is 0 Å². The number of methoxy groups -OCH3 is 2. The molecule has 4 aromatic carbocycles. The van der Waals surface area contributed by atoms with Crippen LogP contribution < -0.4 is 19.1 Å². The van der Waals surface area contributed by atoms with E-state index in [1.165, 1.54) is 37.3 Å². The summed E-state index contributed by atoms with van der Waals surface area (Å²) in [7, 11) is -1.46. The maximum atomic E-state index is 14.6. The molecule has 0 bridgehead atoms. The monoisotopic (exact) mass is 691 g/mol. The highest BCUT2D eigenvalue weighted by Gasteiger charge is 2.35. The predicted octanol–water partition coefficient (Wildman–Crippen LogP) is 6.42. The van der Waals surface area contributed by atoms with Crippen LogP contribution in [0.1, 0.15) is 36.5 Å². The standard InChI is InChI=1S/C37H42ClN3O6S/c1-5-6-22-39-37(43)33(23-28-12-8-7-9-13-28)40(25-29-14-10-11-15-32(29)38)36(42)26-41(30-18-16-27(2)17-19-30)48(44,45)31-20-21-34(46-3)35(24-31)47-4/h7-21,24,33H,5-6,22-23,25-26H2,1-4H3,(H,39,43)/t33-/m1/s1. The predicted molar refractivity (Wildman–Crippen MR) is 189 cm³/mol. The number of anilines is 1. The van der Waals surface area contributed by atoms with Gasteiger partial charge in [-0.05, 0) is 54.8 Å². The Morgan fingerprint density at radius 1 is 0.875 bits per heavy atom. The van der Waals surface area contributed by atoms with Gasteiger partial charge in [0.05, 0.1) is 24.8 Å². The number of rotatable bonds is 16. The number of carbonyl (C=O) groups is 2. The second-order valence-corrected chi connectivity index (χ2v) is 13.6. The maximum Gasteiger partial charge on any atom is 0.264 e. The average molecular weight is 692 g/mol. The normalized spacial score (nSPS) is 11.8. The molecule has 0 radical (unpaired) electrons. The fourth-order valence-electron chi connectivity index (χ4n) is 5.21. The van der Waals surface area contributed by atoms with Crippen LogP contribution in [0.2, 0.25) is 5.02 Å². The minimum Gasteiger partial charge on any atom is -0.493 e. The molecule has 2 amide bonds. The highest BCUT2D eigenvalue weighted by Crippen LogP contribution is 2.33. The minimum atomic E-state index is -4.33. The number of unbranched alkanes of at least 4 members (excludes halogenated alkanes) is 1. The Hall–Kier alpha value is -4.54. The van der Waals surface area contributed by atoms with E-state index in [2.05, 4.69) is 5.32 Å². The van der Waals surface area contributed by atoms with Gasteiger partial charge in [0, 0.05) is 30.6 Å². The highest BCUT2D eigenvalue weighted by molar-refractivity contribution is 7.92. The minimum absolute atomic E-state index is 0.0185. The molecule has 1 N–H and O–H groups in total. The van der Waals surface area contributed by atoms with E-state index in [9.17, 15) is 18.0 Å². The molecule has 1 atom stereocenters. The summed E-state index contributed by atoms with van der Waals surface area (Å²) in [6.45, 7) is 3.75. The summed E-state index contributed by atoms with van der Waals surface area (Å²) in [5.41, 5.74) is 2.67. The Balaban J connectivity index is 1.82. The van der Waals surface area contributed by atoms with Gasteiger partial charge in [-0.1, -0.05) is 91.2 Å². The zero-order valence-electron chi connectivity index (χ0n) is 27.7. The number of sulfonamides is 1. The number of nitrogens with zero attached hydrogens (tertiary/aromatic N) is 2. The second-order valence-electron chi connectivity index (χ2n) is 11.3. The number of benzene rings is 4. The van der Waals surface area contributed by atoms with E-state index in [-0.39, 0.29) is 35.2 Å². The van der Waals surface area contributed by atoms with Gasteiger partial charge in [0.25, 0.3) is 10.0 Å². The van der Waals surface area contributed by atoms with Gasteiger partial charge in [-0.15, -0.1) is 0 Å². The summed E-state index contributed by atoms with van der Waals surface area (Å²) in [6, 6.07) is 26.7. The van der Waals surface area contributed by atoms with E-state index in [0.717, 1.165) is 28.3 Å². The molecule has 4 aromatic rings. The number of amides is 2. The number of ether oxygens (including phenoxy) is 2. The van der Waals surface area contributed by atoms with Crippen LogP contribution in [0.5, 0.6) is 11.5 Å². The second kappa shape index (κ2) is 17.0. The fraction of sp³-hybridized carbons (Fsp3) is 0.297. The van der Waals surface area contributed by atoms with Gasteiger partial charge in [-0.2, -0.15) is 0 Å². The lowest BCUT2D eigenvalue weighted by Gasteiger charge is -2.34. The Morgan fingerprint density at radius 3 is 2.19 bits per heavy atom. The molecule has 11 heteroatoms. The summed E-state index contributed by atoms with van der Waals surface area (Å²) < 4.78 is 40.5. The summed E-state index contributed by atoms with van der Waals surface area (Å²) in [5, 5.41) is 3.41. The number of carbonyl (C=O) groups excluding carboxylic acids is 2. The molecule has 4 rings (SSSR count). The van der Waals surface area contributed by atoms with Crippen molar-refractivity contribution in [2.45, 2.75) is 50.6 Å². The smallest absolute Gasteiger partial charge is 0.264 e. The van der Waals surface area contributed by atoms with Crippen molar-refractivity contribution < 1.29 is 27.5 Å². The van der Waals surface area contributed by atoms with E-state index in [0.29, 0.717) is 22.9 Å². The summed E-state index contributed by atoms with van der Waals surface area (Å²) in [4.78, 5) is 29.9.